The van der Waals surface area contributed by atoms with Gasteiger partial charge in [-0.15, -0.1) is 0 Å². The summed E-state index contributed by atoms with van der Waals surface area (Å²) in [7, 11) is 1.63. The van der Waals surface area contributed by atoms with Crippen molar-refractivity contribution in [1.82, 2.24) is 10.3 Å². The topological polar surface area (TPSA) is 51.2 Å². The minimum Gasteiger partial charge on any atom is -0.497 e. The summed E-state index contributed by atoms with van der Waals surface area (Å²) in [6.07, 6.45) is 4.75. The Hall–Kier alpha value is -2.36. The molecule has 1 heterocycles. The van der Waals surface area contributed by atoms with Gasteiger partial charge in [0.2, 0.25) is 5.91 Å². The summed E-state index contributed by atoms with van der Waals surface area (Å²) in [5, 5.41) is 3.16. The highest BCUT2D eigenvalue weighted by atomic mass is 16.5. The number of pyridine rings is 1. The van der Waals surface area contributed by atoms with Crippen LogP contribution in [0.3, 0.4) is 0 Å². The number of carbonyl (C=O) groups is 1. The summed E-state index contributed by atoms with van der Waals surface area (Å²) in [4.78, 5) is 16.7. The zero-order valence-corrected chi connectivity index (χ0v) is 14.9. The Balaban J connectivity index is 2.09. The number of amides is 1. The van der Waals surface area contributed by atoms with Crippen LogP contribution >= 0.6 is 0 Å². The van der Waals surface area contributed by atoms with Crippen molar-refractivity contribution in [3.8, 4) is 5.75 Å². The van der Waals surface area contributed by atoms with Gasteiger partial charge in [0, 0.05) is 12.4 Å². The maximum absolute atomic E-state index is 12.5. The molecule has 1 aromatic carbocycles. The van der Waals surface area contributed by atoms with Gasteiger partial charge in [0.25, 0.3) is 0 Å². The molecule has 1 unspecified atom stereocenters. The molecule has 24 heavy (non-hydrogen) atoms. The smallest absolute Gasteiger partial charge is 0.224 e. The highest BCUT2D eigenvalue weighted by molar-refractivity contribution is 5.79. The van der Waals surface area contributed by atoms with E-state index < -0.39 is 0 Å². The standard InChI is InChI=1S/C20H26N2O2/c1-20(2,3)13-18(16-8-6-10-21-14-16)22-19(23)12-15-7-5-9-17(11-15)24-4/h5-11,14,18H,12-13H2,1-4H3,(H,22,23). The molecule has 0 radical (unpaired) electrons. The number of nitrogens with one attached hydrogen (secondary N) is 1. The van der Waals surface area contributed by atoms with Gasteiger partial charge in [-0.3, -0.25) is 9.78 Å². The molecular formula is C20H26N2O2. The molecule has 0 aliphatic carbocycles. The molecule has 0 saturated carbocycles. The summed E-state index contributed by atoms with van der Waals surface area (Å²) in [6.45, 7) is 6.51. The van der Waals surface area contributed by atoms with Gasteiger partial charge in [-0.25, -0.2) is 0 Å². The first kappa shape index (κ1) is 18.0. The number of hydrogen-bond acceptors (Lipinski definition) is 3. The molecular weight excluding hydrogens is 300 g/mol. The molecule has 0 spiro atoms. The van der Waals surface area contributed by atoms with E-state index in [9.17, 15) is 4.79 Å². The number of aromatic nitrogens is 1. The molecule has 4 nitrogen and oxygen atoms in total. The Kier molecular flexibility index (Phi) is 5.96. The number of carbonyl (C=O) groups excluding carboxylic acids is 1. The van der Waals surface area contributed by atoms with Crippen molar-refractivity contribution in [3.05, 3.63) is 59.9 Å². The van der Waals surface area contributed by atoms with E-state index in [4.69, 9.17) is 4.74 Å². The average Bonchev–Trinajstić information content (AvgIpc) is 2.54. The molecule has 1 atom stereocenters. The van der Waals surface area contributed by atoms with E-state index in [0.717, 1.165) is 23.3 Å². The summed E-state index contributed by atoms with van der Waals surface area (Å²) >= 11 is 0. The maximum atomic E-state index is 12.5. The lowest BCUT2D eigenvalue weighted by Gasteiger charge is -2.27. The van der Waals surface area contributed by atoms with E-state index in [0.29, 0.717) is 6.42 Å². The minimum absolute atomic E-state index is 0.00126. The van der Waals surface area contributed by atoms with Crippen molar-refractivity contribution in [2.45, 2.75) is 39.7 Å². The van der Waals surface area contributed by atoms with Gasteiger partial charge in [0.15, 0.2) is 0 Å². The van der Waals surface area contributed by atoms with Crippen molar-refractivity contribution >= 4 is 5.91 Å². The molecule has 4 heteroatoms. The lowest BCUT2D eigenvalue weighted by molar-refractivity contribution is -0.121. The number of hydrogen-bond donors (Lipinski definition) is 1. The van der Waals surface area contributed by atoms with Crippen LogP contribution < -0.4 is 10.1 Å². The molecule has 1 aromatic heterocycles. The molecule has 0 fully saturated rings. The monoisotopic (exact) mass is 326 g/mol. The van der Waals surface area contributed by atoms with Gasteiger partial charge in [0.1, 0.15) is 5.75 Å². The molecule has 0 aliphatic rings. The number of nitrogens with zero attached hydrogens (tertiary/aromatic N) is 1. The Bertz CT molecular complexity index is 663. The molecule has 0 saturated heterocycles. The normalized spacial score (nSPS) is 12.5. The lowest BCUT2D eigenvalue weighted by Crippen LogP contribution is -2.32. The predicted molar refractivity (Wildman–Crippen MR) is 95.9 cm³/mol. The van der Waals surface area contributed by atoms with E-state index in [1.165, 1.54) is 0 Å². The predicted octanol–water partition coefficient (Wildman–Crippen LogP) is 3.93. The maximum Gasteiger partial charge on any atom is 0.224 e. The zero-order chi connectivity index (χ0) is 17.6. The zero-order valence-electron chi connectivity index (χ0n) is 14.9. The molecule has 0 bridgehead atoms. The lowest BCUT2D eigenvalue weighted by atomic mass is 9.85. The summed E-state index contributed by atoms with van der Waals surface area (Å²) in [5.74, 6) is 0.764. The third kappa shape index (κ3) is 5.69. The fraction of sp³-hybridized carbons (Fsp3) is 0.400. The van der Waals surface area contributed by atoms with Crippen LogP contribution in [0.15, 0.2) is 48.8 Å². The van der Waals surface area contributed by atoms with E-state index >= 15 is 0 Å². The van der Waals surface area contributed by atoms with Crippen molar-refractivity contribution in [2.24, 2.45) is 5.41 Å². The third-order valence-electron chi connectivity index (χ3n) is 3.74. The summed E-state index contributed by atoms with van der Waals surface area (Å²) < 4.78 is 5.21. The van der Waals surface area contributed by atoms with Gasteiger partial charge in [-0.1, -0.05) is 39.0 Å². The van der Waals surface area contributed by atoms with Crippen LogP contribution in [0.4, 0.5) is 0 Å². The molecule has 1 amide bonds. The van der Waals surface area contributed by atoms with Crippen molar-refractivity contribution in [2.75, 3.05) is 7.11 Å². The van der Waals surface area contributed by atoms with Crippen LogP contribution in [0, 0.1) is 5.41 Å². The van der Waals surface area contributed by atoms with Crippen molar-refractivity contribution in [1.29, 1.82) is 0 Å². The summed E-state index contributed by atoms with van der Waals surface area (Å²) in [5.41, 5.74) is 2.07. The minimum atomic E-state index is -0.0446. The molecule has 2 aromatic rings. The highest BCUT2D eigenvalue weighted by Gasteiger charge is 2.22. The fourth-order valence-electron chi connectivity index (χ4n) is 2.66. The Morgan fingerprint density at radius 1 is 1.25 bits per heavy atom. The number of ether oxygens (including phenoxy) is 1. The van der Waals surface area contributed by atoms with Crippen molar-refractivity contribution < 1.29 is 9.53 Å². The second-order valence-electron chi connectivity index (χ2n) is 7.20. The number of methoxy groups -OCH3 is 1. The fourth-order valence-corrected chi connectivity index (χ4v) is 2.66. The van der Waals surface area contributed by atoms with Crippen LogP contribution in [0.2, 0.25) is 0 Å². The van der Waals surface area contributed by atoms with Gasteiger partial charge in [-0.2, -0.15) is 0 Å². The van der Waals surface area contributed by atoms with E-state index in [1.807, 2.05) is 42.6 Å². The van der Waals surface area contributed by atoms with Crippen LogP contribution in [0.1, 0.15) is 44.4 Å². The first-order chi connectivity index (χ1) is 11.4. The van der Waals surface area contributed by atoms with Gasteiger partial charge >= 0.3 is 0 Å². The second-order valence-corrected chi connectivity index (χ2v) is 7.20. The van der Waals surface area contributed by atoms with Crippen LogP contribution in [-0.2, 0) is 11.2 Å². The highest BCUT2D eigenvalue weighted by Crippen LogP contribution is 2.29. The first-order valence-electron chi connectivity index (χ1n) is 8.19. The SMILES string of the molecule is COc1cccc(CC(=O)NC(CC(C)(C)C)c2cccnc2)c1. The number of rotatable bonds is 6. The average molecular weight is 326 g/mol. The quantitative estimate of drug-likeness (QED) is 0.875. The molecule has 128 valence electrons. The molecule has 2 rings (SSSR count). The third-order valence-corrected chi connectivity index (χ3v) is 3.74. The second kappa shape index (κ2) is 7.95. The summed E-state index contributed by atoms with van der Waals surface area (Å²) in [6, 6.07) is 11.5. The van der Waals surface area contributed by atoms with Crippen molar-refractivity contribution in [3.63, 3.8) is 0 Å². The van der Waals surface area contributed by atoms with E-state index in [2.05, 4.69) is 31.1 Å². The van der Waals surface area contributed by atoms with Crippen LogP contribution in [-0.4, -0.2) is 18.0 Å². The first-order valence-corrected chi connectivity index (χ1v) is 8.19. The van der Waals surface area contributed by atoms with Crippen LogP contribution in [0.5, 0.6) is 5.75 Å². The van der Waals surface area contributed by atoms with Gasteiger partial charge in [-0.05, 0) is 41.2 Å². The van der Waals surface area contributed by atoms with Crippen LogP contribution in [0.25, 0.3) is 0 Å². The largest absolute Gasteiger partial charge is 0.497 e. The van der Waals surface area contributed by atoms with E-state index in [-0.39, 0.29) is 17.4 Å². The molecule has 1 N–H and O–H groups in total. The Morgan fingerprint density at radius 2 is 2.04 bits per heavy atom. The van der Waals surface area contributed by atoms with E-state index in [1.54, 1.807) is 13.3 Å². The van der Waals surface area contributed by atoms with Gasteiger partial charge < -0.3 is 10.1 Å². The number of benzene rings is 1. The Labute approximate surface area is 144 Å². The Morgan fingerprint density at radius 3 is 2.67 bits per heavy atom. The molecule has 0 aliphatic heterocycles. The van der Waals surface area contributed by atoms with Gasteiger partial charge in [0.05, 0.1) is 19.6 Å².